The van der Waals surface area contributed by atoms with Gasteiger partial charge in [0.1, 0.15) is 17.8 Å². The summed E-state index contributed by atoms with van der Waals surface area (Å²) in [7, 11) is 0. The fourth-order valence-electron chi connectivity index (χ4n) is 2.32. The molecule has 4 heterocycles. The minimum Gasteiger partial charge on any atom is -0.346 e. The number of nitrogens with zero attached hydrogens (tertiary/aromatic N) is 4. The molecular weight excluding hydrogens is 252 g/mol. The second-order valence-corrected chi connectivity index (χ2v) is 4.63. The molecule has 6 nitrogen and oxygen atoms in total. The molecule has 0 spiro atoms. The molecule has 0 aliphatic heterocycles. The van der Waals surface area contributed by atoms with E-state index in [-0.39, 0.29) is 0 Å². The van der Waals surface area contributed by atoms with E-state index < -0.39 is 0 Å². The van der Waals surface area contributed by atoms with Gasteiger partial charge < -0.3 is 14.7 Å². The predicted molar refractivity (Wildman–Crippen MR) is 77.1 cm³/mol. The van der Waals surface area contributed by atoms with Crippen LogP contribution in [0.2, 0.25) is 0 Å². The summed E-state index contributed by atoms with van der Waals surface area (Å²) in [6, 6.07) is 6.02. The fraction of sp³-hybridized carbons (Fsp3) is 0.0714. The molecule has 0 fully saturated rings. The molecule has 0 amide bonds. The summed E-state index contributed by atoms with van der Waals surface area (Å²) in [6.07, 6.45) is 7.20. The summed E-state index contributed by atoms with van der Waals surface area (Å²) in [5, 5.41) is 4.28. The fourth-order valence-corrected chi connectivity index (χ4v) is 2.32. The van der Waals surface area contributed by atoms with Crippen LogP contribution in [-0.4, -0.2) is 24.3 Å². The number of hydrogen-bond donors (Lipinski definition) is 2. The van der Waals surface area contributed by atoms with Crippen molar-refractivity contribution in [3.05, 3.63) is 48.9 Å². The van der Waals surface area contributed by atoms with Gasteiger partial charge in [-0.1, -0.05) is 0 Å². The summed E-state index contributed by atoms with van der Waals surface area (Å²) in [5.74, 6) is 0.785. The van der Waals surface area contributed by atoms with Crippen LogP contribution in [0, 0.1) is 6.92 Å². The van der Waals surface area contributed by atoms with Crippen molar-refractivity contribution < 1.29 is 0 Å². The lowest BCUT2D eigenvalue weighted by molar-refractivity contribution is 1.14. The molecule has 2 N–H and O–H groups in total. The largest absolute Gasteiger partial charge is 0.346 e. The molecule has 0 atom stereocenters. The van der Waals surface area contributed by atoms with Gasteiger partial charge >= 0.3 is 0 Å². The molecule has 98 valence electrons. The Morgan fingerprint density at radius 3 is 3.05 bits per heavy atom. The van der Waals surface area contributed by atoms with Gasteiger partial charge in [-0.15, -0.1) is 0 Å². The van der Waals surface area contributed by atoms with Gasteiger partial charge in [0.25, 0.3) is 0 Å². The van der Waals surface area contributed by atoms with Crippen LogP contribution in [-0.2, 0) is 0 Å². The standard InChI is InChI=1S/C14H12N6/c1-9-12-3-2-10(6-20(12)8-18-9)19-14-11-4-5-15-13(11)16-7-17-14/h2-8H,1H3,(H2,15,16,17,19). The molecule has 0 saturated carbocycles. The number of anilines is 2. The highest BCUT2D eigenvalue weighted by Crippen LogP contribution is 2.22. The van der Waals surface area contributed by atoms with E-state index in [1.165, 1.54) is 0 Å². The quantitative estimate of drug-likeness (QED) is 0.584. The van der Waals surface area contributed by atoms with Crippen LogP contribution in [0.15, 0.2) is 43.2 Å². The summed E-state index contributed by atoms with van der Waals surface area (Å²) in [6.45, 7) is 2.00. The maximum absolute atomic E-state index is 4.29. The van der Waals surface area contributed by atoms with Gasteiger partial charge in [0.2, 0.25) is 0 Å². The van der Waals surface area contributed by atoms with Gasteiger partial charge in [-0.3, -0.25) is 0 Å². The molecular formula is C14H12N6. The average molecular weight is 264 g/mol. The van der Waals surface area contributed by atoms with E-state index in [0.29, 0.717) is 0 Å². The second kappa shape index (κ2) is 4.06. The molecule has 0 bridgehead atoms. The zero-order chi connectivity index (χ0) is 13.5. The molecule has 4 rings (SSSR count). The first-order chi connectivity index (χ1) is 9.81. The predicted octanol–water partition coefficient (Wildman–Crippen LogP) is 2.66. The highest BCUT2D eigenvalue weighted by molar-refractivity contribution is 5.88. The van der Waals surface area contributed by atoms with E-state index in [2.05, 4.69) is 25.3 Å². The highest BCUT2D eigenvalue weighted by atomic mass is 15.1. The number of hydrogen-bond acceptors (Lipinski definition) is 4. The highest BCUT2D eigenvalue weighted by Gasteiger charge is 2.06. The summed E-state index contributed by atoms with van der Waals surface area (Å²) >= 11 is 0. The molecule has 0 aromatic carbocycles. The minimum atomic E-state index is 0.785. The van der Waals surface area contributed by atoms with E-state index in [9.17, 15) is 0 Å². The van der Waals surface area contributed by atoms with Crippen LogP contribution in [0.25, 0.3) is 16.6 Å². The van der Waals surface area contributed by atoms with Crippen LogP contribution in [0.5, 0.6) is 0 Å². The maximum Gasteiger partial charge on any atom is 0.143 e. The minimum absolute atomic E-state index is 0.785. The Kier molecular flexibility index (Phi) is 2.23. The van der Waals surface area contributed by atoms with Crippen molar-refractivity contribution in [1.29, 1.82) is 0 Å². The monoisotopic (exact) mass is 264 g/mol. The molecule has 0 aliphatic rings. The number of H-pyrrole nitrogens is 1. The summed E-state index contributed by atoms with van der Waals surface area (Å²) < 4.78 is 1.99. The van der Waals surface area contributed by atoms with E-state index in [1.54, 1.807) is 6.33 Å². The number of aryl methyl sites for hydroxylation is 1. The molecule has 0 saturated heterocycles. The molecule has 6 heteroatoms. The Balaban J connectivity index is 1.78. The maximum atomic E-state index is 4.29. The van der Waals surface area contributed by atoms with Crippen LogP contribution in [0.1, 0.15) is 5.69 Å². The van der Waals surface area contributed by atoms with E-state index in [4.69, 9.17) is 0 Å². The van der Waals surface area contributed by atoms with Crippen molar-refractivity contribution in [2.75, 3.05) is 5.32 Å². The van der Waals surface area contributed by atoms with Crippen LogP contribution in [0.4, 0.5) is 11.5 Å². The lowest BCUT2D eigenvalue weighted by Gasteiger charge is -2.07. The summed E-state index contributed by atoms with van der Waals surface area (Å²) in [5.41, 5.74) is 3.90. The Bertz CT molecular complexity index is 904. The number of aromatic nitrogens is 5. The molecule has 4 aromatic heterocycles. The topological polar surface area (TPSA) is 70.9 Å². The molecule has 0 aliphatic carbocycles. The molecule has 4 aromatic rings. The Morgan fingerprint density at radius 1 is 1.15 bits per heavy atom. The third-order valence-corrected chi connectivity index (χ3v) is 3.34. The van der Waals surface area contributed by atoms with Gasteiger partial charge in [0.05, 0.1) is 28.6 Å². The van der Waals surface area contributed by atoms with Gasteiger partial charge in [-0.25, -0.2) is 15.0 Å². The SMILES string of the molecule is Cc1ncn2cc(Nc3ncnc4[nH]ccc34)ccc12. The van der Waals surface area contributed by atoms with E-state index >= 15 is 0 Å². The van der Waals surface area contributed by atoms with Crippen LogP contribution >= 0.6 is 0 Å². The van der Waals surface area contributed by atoms with Gasteiger partial charge in [0.15, 0.2) is 0 Å². The number of pyridine rings is 1. The lowest BCUT2D eigenvalue weighted by Crippen LogP contribution is -1.96. The smallest absolute Gasteiger partial charge is 0.143 e. The van der Waals surface area contributed by atoms with Gasteiger partial charge in [-0.2, -0.15) is 0 Å². The molecule has 20 heavy (non-hydrogen) atoms. The number of fused-ring (bicyclic) bond motifs is 2. The van der Waals surface area contributed by atoms with Crippen molar-refractivity contribution >= 4 is 28.1 Å². The van der Waals surface area contributed by atoms with Crippen molar-refractivity contribution in [1.82, 2.24) is 24.3 Å². The van der Waals surface area contributed by atoms with E-state index in [1.807, 2.05) is 48.2 Å². The molecule has 0 unspecified atom stereocenters. The number of nitrogens with one attached hydrogen (secondary N) is 2. The van der Waals surface area contributed by atoms with Gasteiger partial charge in [0, 0.05) is 12.4 Å². The number of imidazole rings is 1. The van der Waals surface area contributed by atoms with Crippen molar-refractivity contribution in [2.24, 2.45) is 0 Å². The zero-order valence-electron chi connectivity index (χ0n) is 10.8. The average Bonchev–Trinajstić information content (AvgIpc) is 3.07. The molecule has 0 radical (unpaired) electrons. The zero-order valence-corrected chi connectivity index (χ0v) is 10.8. The first-order valence-electron chi connectivity index (χ1n) is 6.30. The third-order valence-electron chi connectivity index (χ3n) is 3.34. The second-order valence-electron chi connectivity index (χ2n) is 4.63. The first kappa shape index (κ1) is 11.0. The summed E-state index contributed by atoms with van der Waals surface area (Å²) in [4.78, 5) is 15.8. The number of rotatable bonds is 2. The number of aromatic amines is 1. The van der Waals surface area contributed by atoms with Gasteiger partial charge in [-0.05, 0) is 25.1 Å². The van der Waals surface area contributed by atoms with E-state index in [0.717, 1.165) is 33.7 Å². The third kappa shape index (κ3) is 1.62. The van der Waals surface area contributed by atoms with Crippen LogP contribution in [0.3, 0.4) is 0 Å². The normalized spacial score (nSPS) is 11.2. The van der Waals surface area contributed by atoms with Crippen LogP contribution < -0.4 is 5.32 Å². The Labute approximate surface area is 114 Å². The Hall–Kier alpha value is -2.89. The van der Waals surface area contributed by atoms with Crippen molar-refractivity contribution in [3.63, 3.8) is 0 Å². The first-order valence-corrected chi connectivity index (χ1v) is 6.30. The Morgan fingerprint density at radius 2 is 2.10 bits per heavy atom. The van der Waals surface area contributed by atoms with Crippen molar-refractivity contribution in [2.45, 2.75) is 6.92 Å². The lowest BCUT2D eigenvalue weighted by atomic mass is 10.3. The van der Waals surface area contributed by atoms with Crippen molar-refractivity contribution in [3.8, 4) is 0 Å².